The molecule has 0 spiro atoms. The van der Waals surface area contributed by atoms with Crippen LogP contribution in [0, 0.1) is 0 Å². The van der Waals surface area contributed by atoms with E-state index in [1.165, 1.54) is 11.1 Å². The van der Waals surface area contributed by atoms with E-state index in [0.29, 0.717) is 5.65 Å². The molecular formula is C32H30N8. The van der Waals surface area contributed by atoms with Crippen LogP contribution in [-0.4, -0.2) is 63.3 Å². The van der Waals surface area contributed by atoms with Gasteiger partial charge in [-0.25, -0.2) is 4.98 Å². The van der Waals surface area contributed by atoms with E-state index in [1.54, 1.807) is 6.20 Å². The van der Waals surface area contributed by atoms with Crippen molar-refractivity contribution in [3.05, 3.63) is 97.5 Å². The number of nitrogens with zero attached hydrogens (tertiary/aromatic N) is 5. The van der Waals surface area contributed by atoms with Gasteiger partial charge in [0.05, 0.1) is 23.3 Å². The smallest absolute Gasteiger partial charge is 0.181 e. The predicted octanol–water partition coefficient (Wildman–Crippen LogP) is 6.00. The highest BCUT2D eigenvalue weighted by Gasteiger charge is 2.19. The first-order valence-corrected chi connectivity index (χ1v) is 13.5. The predicted molar refractivity (Wildman–Crippen MR) is 163 cm³/mol. The first kappa shape index (κ1) is 24.1. The second-order valence-electron chi connectivity index (χ2n) is 10.3. The van der Waals surface area contributed by atoms with Crippen LogP contribution in [-0.2, 0) is 0 Å². The van der Waals surface area contributed by atoms with Crippen molar-refractivity contribution in [2.45, 2.75) is 0 Å². The van der Waals surface area contributed by atoms with Crippen molar-refractivity contribution >= 4 is 39.0 Å². The Balaban J connectivity index is 1.21. The zero-order valence-corrected chi connectivity index (χ0v) is 22.4. The molecule has 0 bridgehead atoms. The lowest BCUT2D eigenvalue weighted by molar-refractivity contribution is 0.313. The average molecular weight is 527 g/mol. The largest absolute Gasteiger partial charge is 0.368 e. The zero-order chi connectivity index (χ0) is 27.1. The highest BCUT2D eigenvalue weighted by Crippen LogP contribution is 2.35. The molecule has 1 saturated heterocycles. The Morgan fingerprint density at radius 1 is 0.875 bits per heavy atom. The summed E-state index contributed by atoms with van der Waals surface area (Å²) in [5, 5.41) is 13.3. The molecule has 1 fully saturated rings. The molecule has 5 heterocycles. The normalized spacial score (nSPS) is 14.2. The highest BCUT2D eigenvalue weighted by atomic mass is 15.2. The number of benzene rings is 2. The zero-order valence-electron chi connectivity index (χ0n) is 22.4. The maximum absolute atomic E-state index is 4.66. The van der Waals surface area contributed by atoms with Crippen LogP contribution in [0.25, 0.3) is 50.1 Å². The Hall–Kier alpha value is -4.95. The Kier molecular flexibility index (Phi) is 6.02. The molecule has 0 radical (unpaired) electrons. The highest BCUT2D eigenvalue weighted by molar-refractivity contribution is 6.00. The summed E-state index contributed by atoms with van der Waals surface area (Å²) in [5.74, 6) is 0. The number of piperazine rings is 1. The third-order valence-electron chi connectivity index (χ3n) is 7.65. The van der Waals surface area contributed by atoms with Gasteiger partial charge in [0.1, 0.15) is 0 Å². The first-order valence-electron chi connectivity index (χ1n) is 13.5. The Labute approximate surface area is 232 Å². The lowest BCUT2D eigenvalue weighted by Crippen LogP contribution is -2.44. The van der Waals surface area contributed by atoms with Gasteiger partial charge in [0.25, 0.3) is 0 Å². The fourth-order valence-corrected chi connectivity index (χ4v) is 5.41. The summed E-state index contributed by atoms with van der Waals surface area (Å²) in [5.41, 5.74) is 9.61. The van der Waals surface area contributed by atoms with E-state index in [4.69, 9.17) is 0 Å². The SMILES string of the molecule is C=C(Nc1cncc(-c2cnc3n[nH]c(-c4cc5c(N6CCN(C)CC6)cccc5[nH]4)c3c2)c1)c1ccccc1. The van der Waals surface area contributed by atoms with Crippen LogP contribution in [0.2, 0.25) is 0 Å². The molecule has 198 valence electrons. The van der Waals surface area contributed by atoms with Crippen molar-refractivity contribution in [3.8, 4) is 22.5 Å². The Morgan fingerprint density at radius 2 is 1.70 bits per heavy atom. The molecule has 0 saturated carbocycles. The van der Waals surface area contributed by atoms with Crippen LogP contribution >= 0.6 is 0 Å². The van der Waals surface area contributed by atoms with E-state index in [0.717, 1.165) is 76.5 Å². The molecule has 1 aliphatic heterocycles. The minimum absolute atomic E-state index is 0.677. The van der Waals surface area contributed by atoms with Gasteiger partial charge in [0, 0.05) is 77.4 Å². The summed E-state index contributed by atoms with van der Waals surface area (Å²) < 4.78 is 0. The molecule has 4 aromatic heterocycles. The summed E-state index contributed by atoms with van der Waals surface area (Å²) in [4.78, 5) is 17.6. The topological polar surface area (TPSA) is 88.8 Å². The van der Waals surface area contributed by atoms with Crippen molar-refractivity contribution in [2.24, 2.45) is 0 Å². The van der Waals surface area contributed by atoms with E-state index >= 15 is 0 Å². The monoisotopic (exact) mass is 526 g/mol. The standard InChI is InChI=1S/C32H30N8/c1-21(22-7-4-3-5-8-22)35-25-15-23(18-33-20-25)24-16-27-31(37-38-32(27)34-19-24)29-17-26-28(36-29)9-6-10-30(26)40-13-11-39(2)12-14-40/h3-10,15-20,35-36H,1,11-14H2,2H3,(H,34,37,38). The van der Waals surface area contributed by atoms with Gasteiger partial charge in [-0.15, -0.1) is 0 Å². The molecule has 0 atom stereocenters. The summed E-state index contributed by atoms with van der Waals surface area (Å²) in [7, 11) is 2.18. The number of anilines is 2. The minimum atomic E-state index is 0.677. The second-order valence-corrected chi connectivity index (χ2v) is 10.3. The van der Waals surface area contributed by atoms with Crippen molar-refractivity contribution in [3.63, 3.8) is 0 Å². The maximum Gasteiger partial charge on any atom is 0.181 e. The van der Waals surface area contributed by atoms with Crippen LogP contribution in [0.1, 0.15) is 5.56 Å². The lowest BCUT2D eigenvalue weighted by atomic mass is 10.1. The van der Waals surface area contributed by atoms with E-state index in [-0.39, 0.29) is 0 Å². The van der Waals surface area contributed by atoms with Crippen molar-refractivity contribution in [1.29, 1.82) is 0 Å². The molecule has 2 aromatic carbocycles. The summed E-state index contributed by atoms with van der Waals surface area (Å²) in [6.07, 6.45) is 5.50. The van der Waals surface area contributed by atoms with Gasteiger partial charge in [-0.05, 0) is 42.9 Å². The number of aromatic amines is 2. The van der Waals surface area contributed by atoms with Crippen LogP contribution in [0.3, 0.4) is 0 Å². The van der Waals surface area contributed by atoms with Crippen molar-refractivity contribution < 1.29 is 0 Å². The molecule has 8 nitrogen and oxygen atoms in total. The molecule has 1 aliphatic rings. The number of likely N-dealkylation sites (N-methyl/N-ethyl adjacent to an activating group) is 1. The van der Waals surface area contributed by atoms with Crippen LogP contribution in [0.15, 0.2) is 91.9 Å². The number of rotatable bonds is 6. The number of H-pyrrole nitrogens is 2. The molecule has 0 amide bonds. The third-order valence-corrected chi connectivity index (χ3v) is 7.65. The lowest BCUT2D eigenvalue weighted by Gasteiger charge is -2.34. The molecule has 6 aromatic rings. The van der Waals surface area contributed by atoms with Gasteiger partial charge in [0.2, 0.25) is 0 Å². The van der Waals surface area contributed by atoms with Gasteiger partial charge >= 0.3 is 0 Å². The van der Waals surface area contributed by atoms with E-state index < -0.39 is 0 Å². The van der Waals surface area contributed by atoms with Crippen LogP contribution in [0.5, 0.6) is 0 Å². The number of hydrogen-bond acceptors (Lipinski definition) is 6. The quantitative estimate of drug-likeness (QED) is 0.247. The summed E-state index contributed by atoms with van der Waals surface area (Å²) >= 11 is 0. The van der Waals surface area contributed by atoms with Crippen LogP contribution in [0.4, 0.5) is 11.4 Å². The number of hydrogen-bond donors (Lipinski definition) is 3. The maximum atomic E-state index is 4.66. The van der Waals surface area contributed by atoms with Gasteiger partial charge in [-0.1, -0.05) is 43.0 Å². The second kappa shape index (κ2) is 9.98. The average Bonchev–Trinajstić information content (AvgIpc) is 3.62. The van der Waals surface area contributed by atoms with Gasteiger partial charge in [-0.2, -0.15) is 5.10 Å². The Morgan fingerprint density at radius 3 is 2.55 bits per heavy atom. The molecular weight excluding hydrogens is 496 g/mol. The fourth-order valence-electron chi connectivity index (χ4n) is 5.41. The molecule has 40 heavy (non-hydrogen) atoms. The minimum Gasteiger partial charge on any atom is -0.368 e. The van der Waals surface area contributed by atoms with Crippen LogP contribution < -0.4 is 10.2 Å². The Bertz CT molecular complexity index is 1830. The van der Waals surface area contributed by atoms with E-state index in [9.17, 15) is 0 Å². The van der Waals surface area contributed by atoms with Gasteiger partial charge in [-0.3, -0.25) is 10.1 Å². The summed E-state index contributed by atoms with van der Waals surface area (Å²) in [6.45, 7) is 8.37. The van der Waals surface area contributed by atoms with E-state index in [1.807, 2.05) is 42.7 Å². The number of pyridine rings is 2. The van der Waals surface area contributed by atoms with Crippen molar-refractivity contribution in [1.82, 2.24) is 30.0 Å². The third kappa shape index (κ3) is 4.48. The first-order chi connectivity index (χ1) is 19.6. The van der Waals surface area contributed by atoms with Gasteiger partial charge in [0.15, 0.2) is 5.65 Å². The molecule has 3 N–H and O–H groups in total. The summed E-state index contributed by atoms with van der Waals surface area (Å²) in [6, 6.07) is 23.0. The number of fused-ring (bicyclic) bond motifs is 2. The molecule has 8 heteroatoms. The number of nitrogens with one attached hydrogen (secondary N) is 3. The van der Waals surface area contributed by atoms with E-state index in [2.05, 4.69) is 90.3 Å². The molecule has 7 rings (SSSR count). The van der Waals surface area contributed by atoms with Gasteiger partial charge < -0.3 is 20.1 Å². The van der Waals surface area contributed by atoms with Crippen molar-refractivity contribution in [2.75, 3.05) is 43.4 Å². The molecule has 0 aliphatic carbocycles. The number of aromatic nitrogens is 5. The molecule has 0 unspecified atom stereocenters. The fraction of sp³-hybridized carbons (Fsp3) is 0.156.